The van der Waals surface area contributed by atoms with Gasteiger partial charge in [-0.3, -0.25) is 4.72 Å². The second-order valence-corrected chi connectivity index (χ2v) is 4.00. The van der Waals surface area contributed by atoms with Crippen molar-refractivity contribution in [2.45, 2.75) is 20.0 Å². The minimum Gasteiger partial charge on any atom is -0.488 e. The van der Waals surface area contributed by atoms with Crippen LogP contribution in [0.15, 0.2) is 22.4 Å². The van der Waals surface area contributed by atoms with Crippen LogP contribution in [-0.2, 0) is 15.7 Å². The van der Waals surface area contributed by atoms with E-state index in [0.717, 1.165) is 0 Å². The second kappa shape index (κ2) is 3.96. The number of ether oxygens (including phenoxy) is 1. The van der Waals surface area contributed by atoms with Crippen molar-refractivity contribution >= 4 is 22.6 Å². The van der Waals surface area contributed by atoms with Gasteiger partial charge in [0.05, 0.1) is 6.10 Å². The molecule has 0 aromatic carbocycles. The smallest absolute Gasteiger partial charge is 0.156 e. The lowest BCUT2D eigenvalue weighted by molar-refractivity contribution is 0.156. The summed E-state index contributed by atoms with van der Waals surface area (Å²) in [5, 5.41) is 1.79. The van der Waals surface area contributed by atoms with Gasteiger partial charge in [-0.15, -0.1) is 0 Å². The molecule has 1 aliphatic rings. The number of nitrogens with one attached hydrogen (secondary N) is 1. The predicted molar refractivity (Wildman–Crippen MR) is 49.5 cm³/mol. The third-order valence-corrected chi connectivity index (χ3v) is 2.29. The molecular weight excluding hydrogens is 198 g/mol. The van der Waals surface area contributed by atoms with Gasteiger partial charge in [0.1, 0.15) is 11.0 Å². The molecular formula is C7H10ClNO2S. The zero-order valence-electron chi connectivity index (χ0n) is 6.83. The van der Waals surface area contributed by atoms with Crippen molar-refractivity contribution in [1.29, 1.82) is 0 Å². The van der Waals surface area contributed by atoms with E-state index >= 15 is 0 Å². The Balaban J connectivity index is 2.70. The molecule has 0 saturated heterocycles. The second-order valence-electron chi connectivity index (χ2n) is 2.55. The molecule has 0 bridgehead atoms. The summed E-state index contributed by atoms with van der Waals surface area (Å²) < 4.78 is 18.7. The Morgan fingerprint density at radius 2 is 2.33 bits per heavy atom. The van der Waals surface area contributed by atoms with Gasteiger partial charge in [-0.2, -0.15) is 0 Å². The maximum absolute atomic E-state index is 10.8. The molecule has 0 fully saturated rings. The molecule has 1 N–H and O–H groups in total. The predicted octanol–water partition coefficient (Wildman–Crippen LogP) is 1.60. The molecule has 0 amide bonds. The lowest BCUT2D eigenvalue weighted by Gasteiger charge is -2.15. The minimum atomic E-state index is -1.21. The fraction of sp³-hybridized carbons (Fsp3) is 0.429. The van der Waals surface area contributed by atoms with E-state index in [1.807, 2.05) is 13.8 Å². The Hall–Kier alpha value is -0.480. The van der Waals surface area contributed by atoms with Crippen LogP contribution in [0.3, 0.4) is 0 Å². The number of halogens is 1. The van der Waals surface area contributed by atoms with Crippen LogP contribution in [0, 0.1) is 0 Å². The van der Waals surface area contributed by atoms with Crippen LogP contribution in [0.4, 0.5) is 0 Å². The van der Waals surface area contributed by atoms with E-state index in [4.69, 9.17) is 16.3 Å². The van der Waals surface area contributed by atoms with E-state index in [1.54, 1.807) is 6.08 Å². The van der Waals surface area contributed by atoms with E-state index in [1.165, 1.54) is 5.41 Å². The summed E-state index contributed by atoms with van der Waals surface area (Å²) >= 11 is 5.72. The number of rotatable bonds is 2. The topological polar surface area (TPSA) is 38.3 Å². The van der Waals surface area contributed by atoms with Gasteiger partial charge in [0.2, 0.25) is 0 Å². The molecule has 1 atom stereocenters. The molecule has 1 unspecified atom stereocenters. The first-order chi connectivity index (χ1) is 5.59. The van der Waals surface area contributed by atoms with Gasteiger partial charge in [-0.25, -0.2) is 4.21 Å². The first-order valence-electron chi connectivity index (χ1n) is 3.51. The SMILES string of the molecule is CC(C)OC1=C(Cl)NS(=O)C=C1. The van der Waals surface area contributed by atoms with Crippen molar-refractivity contribution < 1.29 is 8.95 Å². The third-order valence-electron chi connectivity index (χ3n) is 1.11. The molecule has 0 radical (unpaired) electrons. The molecule has 0 aromatic heterocycles. The van der Waals surface area contributed by atoms with Gasteiger partial charge in [-0.05, 0) is 19.9 Å². The van der Waals surface area contributed by atoms with Gasteiger partial charge in [-0.1, -0.05) is 11.6 Å². The van der Waals surface area contributed by atoms with Crippen LogP contribution in [0.1, 0.15) is 13.8 Å². The lowest BCUT2D eigenvalue weighted by Crippen LogP contribution is -2.18. The van der Waals surface area contributed by atoms with E-state index in [0.29, 0.717) is 10.9 Å². The average Bonchev–Trinajstić information content (AvgIpc) is 1.94. The summed E-state index contributed by atoms with van der Waals surface area (Å²) in [7, 11) is -1.21. The molecule has 5 heteroatoms. The van der Waals surface area contributed by atoms with Gasteiger partial charge in [0.25, 0.3) is 0 Å². The Kier molecular flexibility index (Phi) is 3.17. The number of allylic oxidation sites excluding steroid dienone is 1. The molecule has 68 valence electrons. The summed E-state index contributed by atoms with van der Waals surface area (Å²) in [4.78, 5) is 0. The number of hydrogen-bond acceptors (Lipinski definition) is 2. The van der Waals surface area contributed by atoms with Gasteiger partial charge < -0.3 is 4.74 Å². The number of hydrogen-bond donors (Lipinski definition) is 1. The average molecular weight is 208 g/mol. The maximum atomic E-state index is 10.8. The van der Waals surface area contributed by atoms with Crippen LogP contribution in [-0.4, -0.2) is 10.3 Å². The van der Waals surface area contributed by atoms with Gasteiger partial charge in [0.15, 0.2) is 10.9 Å². The van der Waals surface area contributed by atoms with Crippen molar-refractivity contribution in [2.75, 3.05) is 0 Å². The largest absolute Gasteiger partial charge is 0.488 e. The van der Waals surface area contributed by atoms with Gasteiger partial charge in [0, 0.05) is 5.41 Å². The molecule has 0 saturated carbocycles. The van der Waals surface area contributed by atoms with Crippen LogP contribution in [0.25, 0.3) is 0 Å². The molecule has 12 heavy (non-hydrogen) atoms. The Bertz CT molecular complexity index is 260. The van der Waals surface area contributed by atoms with E-state index < -0.39 is 11.0 Å². The van der Waals surface area contributed by atoms with Crippen molar-refractivity contribution in [1.82, 2.24) is 4.72 Å². The molecule has 1 aliphatic heterocycles. The quantitative estimate of drug-likeness (QED) is 0.699. The first-order valence-corrected chi connectivity index (χ1v) is 5.10. The standard InChI is InChI=1S/C7H10ClNO2S/c1-5(2)11-6-3-4-12(10)9-7(6)8/h3-5,9H,1-2H3. The molecule has 0 aromatic rings. The van der Waals surface area contributed by atoms with Crippen LogP contribution in [0.2, 0.25) is 0 Å². The third kappa shape index (κ3) is 2.53. The van der Waals surface area contributed by atoms with Crippen molar-refractivity contribution in [2.24, 2.45) is 0 Å². The van der Waals surface area contributed by atoms with Crippen molar-refractivity contribution in [3.63, 3.8) is 0 Å². The van der Waals surface area contributed by atoms with E-state index in [-0.39, 0.29) is 6.10 Å². The molecule has 1 rings (SSSR count). The normalized spacial score (nSPS) is 22.8. The highest BCUT2D eigenvalue weighted by Crippen LogP contribution is 2.16. The molecule has 0 aliphatic carbocycles. The van der Waals surface area contributed by atoms with Crippen LogP contribution < -0.4 is 4.72 Å². The zero-order chi connectivity index (χ0) is 9.14. The van der Waals surface area contributed by atoms with E-state index in [2.05, 4.69) is 4.72 Å². The zero-order valence-corrected chi connectivity index (χ0v) is 8.41. The highest BCUT2D eigenvalue weighted by molar-refractivity contribution is 7.86. The highest BCUT2D eigenvalue weighted by Gasteiger charge is 2.11. The minimum absolute atomic E-state index is 0.0618. The maximum Gasteiger partial charge on any atom is 0.156 e. The van der Waals surface area contributed by atoms with Crippen molar-refractivity contribution in [3.8, 4) is 0 Å². The Morgan fingerprint density at radius 3 is 2.83 bits per heavy atom. The molecule has 0 spiro atoms. The summed E-state index contributed by atoms with van der Waals surface area (Å²) in [5.41, 5.74) is 0. The summed E-state index contributed by atoms with van der Waals surface area (Å²) in [6, 6.07) is 0. The monoisotopic (exact) mass is 207 g/mol. The Morgan fingerprint density at radius 1 is 1.67 bits per heavy atom. The van der Waals surface area contributed by atoms with Crippen LogP contribution in [0.5, 0.6) is 0 Å². The Labute approximate surface area is 79.0 Å². The fourth-order valence-corrected chi connectivity index (χ4v) is 1.64. The van der Waals surface area contributed by atoms with Crippen LogP contribution >= 0.6 is 11.6 Å². The summed E-state index contributed by atoms with van der Waals surface area (Å²) in [6.07, 6.45) is 1.67. The summed E-state index contributed by atoms with van der Waals surface area (Å²) in [6.45, 7) is 3.80. The first kappa shape index (κ1) is 9.61. The molecule has 3 nitrogen and oxygen atoms in total. The van der Waals surface area contributed by atoms with Crippen molar-refractivity contribution in [3.05, 3.63) is 22.4 Å². The molecule has 1 heterocycles. The van der Waals surface area contributed by atoms with E-state index in [9.17, 15) is 4.21 Å². The lowest BCUT2D eigenvalue weighted by atomic mass is 10.4. The summed E-state index contributed by atoms with van der Waals surface area (Å²) in [5.74, 6) is 0.534. The fourth-order valence-electron chi connectivity index (χ4n) is 0.714. The highest BCUT2D eigenvalue weighted by atomic mass is 35.5. The van der Waals surface area contributed by atoms with Gasteiger partial charge >= 0.3 is 0 Å².